The molecule has 1 N–H and O–H groups in total. The van der Waals surface area contributed by atoms with Crippen molar-refractivity contribution >= 4 is 23.3 Å². The van der Waals surface area contributed by atoms with Crippen LogP contribution in [0.2, 0.25) is 0 Å². The lowest BCUT2D eigenvalue weighted by Gasteiger charge is -2.15. The fourth-order valence-electron chi connectivity index (χ4n) is 2.62. The van der Waals surface area contributed by atoms with Crippen LogP contribution < -0.4 is 0 Å². The van der Waals surface area contributed by atoms with Crippen molar-refractivity contribution in [1.29, 1.82) is 0 Å². The van der Waals surface area contributed by atoms with E-state index in [0.29, 0.717) is 6.04 Å². The lowest BCUT2D eigenvalue weighted by atomic mass is 10.0. The Hall–Kier alpha value is -1.09. The van der Waals surface area contributed by atoms with E-state index in [2.05, 4.69) is 55.4 Å². The maximum atomic E-state index is 5.48. The lowest BCUT2D eigenvalue weighted by Crippen LogP contribution is -2.05. The summed E-state index contributed by atoms with van der Waals surface area (Å²) < 4.78 is 3.12. The monoisotopic (exact) mass is 276 g/mol. The Morgan fingerprint density at radius 3 is 2.63 bits per heavy atom. The first-order valence-electron chi connectivity index (χ1n) is 7.20. The van der Waals surface area contributed by atoms with Crippen LogP contribution in [-0.4, -0.2) is 9.55 Å². The van der Waals surface area contributed by atoms with E-state index in [0.717, 1.165) is 16.2 Å². The molecule has 104 valence electrons. The summed E-state index contributed by atoms with van der Waals surface area (Å²) >= 11 is 5.48. The van der Waals surface area contributed by atoms with Crippen LogP contribution in [0, 0.1) is 17.6 Å². The molecule has 0 fully saturated rings. The van der Waals surface area contributed by atoms with Crippen LogP contribution in [0.3, 0.4) is 0 Å². The summed E-state index contributed by atoms with van der Waals surface area (Å²) in [5.41, 5.74) is 3.66. The van der Waals surface area contributed by atoms with Gasteiger partial charge in [0.25, 0.3) is 0 Å². The first-order chi connectivity index (χ1) is 8.99. The fraction of sp³-hybridized carbons (Fsp3) is 0.562. The minimum absolute atomic E-state index is 0.460. The van der Waals surface area contributed by atoms with Gasteiger partial charge in [0.15, 0.2) is 4.77 Å². The number of hydrogen-bond donors (Lipinski definition) is 1. The van der Waals surface area contributed by atoms with E-state index >= 15 is 0 Å². The molecule has 0 amide bonds. The van der Waals surface area contributed by atoms with Gasteiger partial charge in [-0.3, -0.25) is 0 Å². The van der Waals surface area contributed by atoms with Crippen LogP contribution in [0.5, 0.6) is 0 Å². The van der Waals surface area contributed by atoms with Crippen LogP contribution >= 0.6 is 12.2 Å². The molecule has 0 spiro atoms. The van der Waals surface area contributed by atoms with E-state index in [4.69, 9.17) is 12.2 Å². The molecule has 1 heterocycles. The van der Waals surface area contributed by atoms with Crippen LogP contribution in [0.1, 0.15) is 51.6 Å². The smallest absolute Gasteiger partial charge is 0.178 e. The van der Waals surface area contributed by atoms with Crippen molar-refractivity contribution in [2.75, 3.05) is 0 Å². The number of rotatable bonds is 5. The molecule has 0 saturated heterocycles. The van der Waals surface area contributed by atoms with Crippen molar-refractivity contribution in [1.82, 2.24) is 9.55 Å². The standard InChI is InChI=1S/C16H24N2S/c1-11(2)6-5-7-13(4)18-15-10-12(3)8-9-14(15)17-16(18)19/h8-11,13H,5-7H2,1-4H3,(H,17,19). The summed E-state index contributed by atoms with van der Waals surface area (Å²) in [5, 5.41) is 0. The number of benzene rings is 1. The van der Waals surface area contributed by atoms with Crippen molar-refractivity contribution in [2.24, 2.45) is 5.92 Å². The van der Waals surface area contributed by atoms with Crippen LogP contribution in [0.25, 0.3) is 11.0 Å². The summed E-state index contributed by atoms with van der Waals surface area (Å²) in [6, 6.07) is 6.93. The Morgan fingerprint density at radius 2 is 1.95 bits per heavy atom. The minimum Gasteiger partial charge on any atom is -0.331 e. The molecule has 19 heavy (non-hydrogen) atoms. The number of aromatic amines is 1. The summed E-state index contributed by atoms with van der Waals surface area (Å²) in [5.74, 6) is 0.783. The zero-order valence-corrected chi connectivity index (χ0v) is 13.2. The van der Waals surface area contributed by atoms with E-state index in [1.807, 2.05) is 0 Å². The molecule has 0 aliphatic carbocycles. The second-order valence-electron chi connectivity index (χ2n) is 5.99. The minimum atomic E-state index is 0.460. The van der Waals surface area contributed by atoms with Crippen LogP contribution in [-0.2, 0) is 0 Å². The Balaban J connectivity index is 2.25. The predicted molar refractivity (Wildman–Crippen MR) is 85.3 cm³/mol. The van der Waals surface area contributed by atoms with Crippen molar-refractivity contribution < 1.29 is 0 Å². The average Bonchev–Trinajstić information content (AvgIpc) is 2.63. The first kappa shape index (κ1) is 14.3. The molecular formula is C16H24N2S. The Bertz CT molecular complexity index is 607. The molecular weight excluding hydrogens is 252 g/mol. The van der Waals surface area contributed by atoms with Gasteiger partial charge in [-0.25, -0.2) is 0 Å². The molecule has 1 aromatic heterocycles. The summed E-state index contributed by atoms with van der Waals surface area (Å²) in [7, 11) is 0. The summed E-state index contributed by atoms with van der Waals surface area (Å²) in [6.45, 7) is 8.96. The van der Waals surface area contributed by atoms with Gasteiger partial charge in [0.05, 0.1) is 11.0 Å². The number of fused-ring (bicyclic) bond motifs is 1. The molecule has 2 aromatic rings. The third-order valence-electron chi connectivity index (χ3n) is 3.72. The number of nitrogens with zero attached hydrogens (tertiary/aromatic N) is 1. The van der Waals surface area contributed by atoms with E-state index in [1.54, 1.807) is 0 Å². The van der Waals surface area contributed by atoms with Gasteiger partial charge in [0, 0.05) is 6.04 Å². The number of imidazole rings is 1. The second kappa shape index (κ2) is 5.91. The van der Waals surface area contributed by atoms with Gasteiger partial charge in [-0.2, -0.15) is 0 Å². The highest BCUT2D eigenvalue weighted by atomic mass is 32.1. The van der Waals surface area contributed by atoms with E-state index in [9.17, 15) is 0 Å². The van der Waals surface area contributed by atoms with E-state index in [1.165, 1.54) is 30.3 Å². The highest BCUT2D eigenvalue weighted by molar-refractivity contribution is 7.71. The molecule has 0 aliphatic rings. The molecule has 1 atom stereocenters. The van der Waals surface area contributed by atoms with Crippen molar-refractivity contribution in [3.8, 4) is 0 Å². The van der Waals surface area contributed by atoms with Crippen LogP contribution in [0.4, 0.5) is 0 Å². The van der Waals surface area contributed by atoms with Gasteiger partial charge in [-0.05, 0) is 56.1 Å². The average molecular weight is 276 g/mol. The molecule has 3 heteroatoms. The number of nitrogens with one attached hydrogen (secondary N) is 1. The van der Waals surface area contributed by atoms with Crippen molar-refractivity contribution in [3.05, 3.63) is 28.5 Å². The molecule has 0 saturated carbocycles. The summed E-state index contributed by atoms with van der Waals surface area (Å²) in [6.07, 6.45) is 3.74. The number of aryl methyl sites for hydroxylation is 1. The number of hydrogen-bond acceptors (Lipinski definition) is 1. The van der Waals surface area contributed by atoms with Gasteiger partial charge in [0.2, 0.25) is 0 Å². The maximum Gasteiger partial charge on any atom is 0.178 e. The Morgan fingerprint density at radius 1 is 1.21 bits per heavy atom. The molecule has 2 nitrogen and oxygen atoms in total. The molecule has 1 aromatic carbocycles. The van der Waals surface area contributed by atoms with Gasteiger partial charge < -0.3 is 9.55 Å². The van der Waals surface area contributed by atoms with Gasteiger partial charge in [-0.15, -0.1) is 0 Å². The number of aromatic nitrogens is 2. The zero-order valence-electron chi connectivity index (χ0n) is 12.4. The fourth-order valence-corrected chi connectivity index (χ4v) is 3.01. The van der Waals surface area contributed by atoms with E-state index < -0.39 is 0 Å². The lowest BCUT2D eigenvalue weighted by molar-refractivity contribution is 0.451. The van der Waals surface area contributed by atoms with Gasteiger partial charge in [0.1, 0.15) is 0 Å². The first-order valence-corrected chi connectivity index (χ1v) is 7.60. The quantitative estimate of drug-likeness (QED) is 0.726. The van der Waals surface area contributed by atoms with Crippen molar-refractivity contribution in [2.45, 2.75) is 53.0 Å². The van der Waals surface area contributed by atoms with E-state index in [-0.39, 0.29) is 0 Å². The third kappa shape index (κ3) is 3.27. The molecule has 0 bridgehead atoms. The molecule has 0 aliphatic heterocycles. The van der Waals surface area contributed by atoms with Crippen molar-refractivity contribution in [3.63, 3.8) is 0 Å². The molecule has 1 unspecified atom stereocenters. The topological polar surface area (TPSA) is 20.7 Å². The maximum absolute atomic E-state index is 5.48. The molecule has 0 radical (unpaired) electrons. The van der Waals surface area contributed by atoms with Gasteiger partial charge in [-0.1, -0.05) is 32.8 Å². The third-order valence-corrected chi connectivity index (χ3v) is 4.02. The molecule has 2 rings (SSSR count). The second-order valence-corrected chi connectivity index (χ2v) is 6.38. The highest BCUT2D eigenvalue weighted by Gasteiger charge is 2.11. The van der Waals surface area contributed by atoms with Gasteiger partial charge >= 0.3 is 0 Å². The Labute approximate surface area is 120 Å². The number of H-pyrrole nitrogens is 1. The highest BCUT2D eigenvalue weighted by Crippen LogP contribution is 2.24. The SMILES string of the molecule is Cc1ccc2[nH]c(=S)n(C(C)CCCC(C)C)c2c1. The largest absolute Gasteiger partial charge is 0.331 e. The zero-order chi connectivity index (χ0) is 14.0. The Kier molecular flexibility index (Phi) is 4.46. The van der Waals surface area contributed by atoms with Crippen LogP contribution in [0.15, 0.2) is 18.2 Å². The summed E-state index contributed by atoms with van der Waals surface area (Å²) in [4.78, 5) is 3.31. The predicted octanol–water partition coefficient (Wildman–Crippen LogP) is 5.39. The normalized spacial score (nSPS) is 13.3.